The molecule has 2 fully saturated rings. The van der Waals surface area contributed by atoms with E-state index in [1.807, 2.05) is 10.6 Å². The summed E-state index contributed by atoms with van der Waals surface area (Å²) in [6, 6.07) is 0. The van der Waals surface area contributed by atoms with Gasteiger partial charge in [0.2, 0.25) is 0 Å². The van der Waals surface area contributed by atoms with E-state index in [4.69, 9.17) is 9.84 Å². The van der Waals surface area contributed by atoms with Crippen LogP contribution in [0.5, 0.6) is 0 Å². The fourth-order valence-corrected chi connectivity index (χ4v) is 5.22. The number of aliphatic hydroxyl groups excluding tert-OH is 2. The van der Waals surface area contributed by atoms with Gasteiger partial charge in [-0.1, -0.05) is 0 Å². The minimum atomic E-state index is -0.153. The zero-order valence-corrected chi connectivity index (χ0v) is 20.6. The Kier molecular flexibility index (Phi) is 7.90. The van der Waals surface area contributed by atoms with Crippen LogP contribution in [-0.2, 0) is 9.53 Å². The number of aromatic nitrogens is 3. The van der Waals surface area contributed by atoms with E-state index in [-0.39, 0.29) is 24.1 Å². The maximum Gasteiger partial charge on any atom is 0.180 e. The number of allylic oxidation sites excluding steroid dienone is 2. The molecule has 5 rings (SSSR count). The lowest BCUT2D eigenvalue weighted by atomic mass is 9.85. The number of aliphatic hydroxyl groups is 2. The molecule has 0 amide bonds. The molecule has 4 heterocycles. The zero-order chi connectivity index (χ0) is 24.9. The third-order valence-corrected chi connectivity index (χ3v) is 7.30. The lowest BCUT2D eigenvalue weighted by Crippen LogP contribution is -2.47. The topological polar surface area (TPSA) is 119 Å². The Hall–Kier alpha value is -2.86. The summed E-state index contributed by atoms with van der Waals surface area (Å²) in [6.45, 7) is 8.98. The smallest absolute Gasteiger partial charge is 0.180 e. The van der Waals surface area contributed by atoms with E-state index < -0.39 is 0 Å². The summed E-state index contributed by atoms with van der Waals surface area (Å²) < 4.78 is 7.44. The van der Waals surface area contributed by atoms with Gasteiger partial charge in [-0.3, -0.25) is 24.0 Å². The molecule has 2 N–H and O–H groups in total. The molecule has 11 nitrogen and oxygen atoms in total. The normalized spacial score (nSPS) is 22.9. The van der Waals surface area contributed by atoms with Crippen molar-refractivity contribution in [1.29, 1.82) is 0 Å². The number of morpholine rings is 1. The first-order valence-electron chi connectivity index (χ1n) is 12.8. The van der Waals surface area contributed by atoms with Crippen LogP contribution in [0.2, 0.25) is 0 Å². The van der Waals surface area contributed by atoms with Gasteiger partial charge in [-0.2, -0.15) is 0 Å². The number of carbonyl (C=O) groups excluding carboxylic acids is 1. The average Bonchev–Trinajstić information content (AvgIpc) is 3.34. The van der Waals surface area contributed by atoms with Gasteiger partial charge >= 0.3 is 0 Å². The molecule has 2 aliphatic heterocycles. The summed E-state index contributed by atoms with van der Waals surface area (Å²) in [7, 11) is 0. The fraction of sp³-hybridized carbons (Fsp3) is 0.600. The van der Waals surface area contributed by atoms with Gasteiger partial charge in [0, 0.05) is 102 Å². The number of imidazole rings is 1. The maximum atomic E-state index is 12.9. The van der Waals surface area contributed by atoms with Crippen molar-refractivity contribution in [2.45, 2.75) is 18.8 Å². The third kappa shape index (κ3) is 5.44. The number of piperazine rings is 1. The molecule has 0 spiro atoms. The number of fused-ring (bicyclic) bond motifs is 1. The van der Waals surface area contributed by atoms with Gasteiger partial charge < -0.3 is 19.8 Å². The van der Waals surface area contributed by atoms with Crippen molar-refractivity contribution < 1.29 is 19.7 Å². The van der Waals surface area contributed by atoms with E-state index in [0.29, 0.717) is 38.2 Å². The number of hydrogen-bond donors (Lipinski definition) is 2. The van der Waals surface area contributed by atoms with Crippen LogP contribution in [0.3, 0.4) is 0 Å². The van der Waals surface area contributed by atoms with Crippen molar-refractivity contribution in [3.05, 3.63) is 35.6 Å². The summed E-state index contributed by atoms with van der Waals surface area (Å²) in [5.41, 5.74) is 1.98. The van der Waals surface area contributed by atoms with E-state index in [0.717, 1.165) is 69.5 Å². The van der Waals surface area contributed by atoms with Crippen LogP contribution < -0.4 is 4.90 Å². The predicted molar refractivity (Wildman–Crippen MR) is 136 cm³/mol. The molecule has 11 heteroatoms. The first-order chi connectivity index (χ1) is 17.6. The Balaban J connectivity index is 1.21. The second-order valence-corrected chi connectivity index (χ2v) is 9.56. The maximum absolute atomic E-state index is 12.9. The molecule has 2 aromatic heterocycles. The Morgan fingerprint density at radius 3 is 2.53 bits per heavy atom. The summed E-state index contributed by atoms with van der Waals surface area (Å²) in [4.78, 5) is 33.3. The van der Waals surface area contributed by atoms with Gasteiger partial charge in [0.05, 0.1) is 31.9 Å². The largest absolute Gasteiger partial charge is 0.511 e. The molecule has 0 saturated carbocycles. The first-order valence-corrected chi connectivity index (χ1v) is 12.8. The van der Waals surface area contributed by atoms with Crippen LogP contribution in [0.4, 0.5) is 5.82 Å². The van der Waals surface area contributed by atoms with E-state index >= 15 is 0 Å². The lowest BCUT2D eigenvalue weighted by Gasteiger charge is -2.33. The SMILES string of the molecule is O=C1CC(c2cnc3c(N4CCOCC4)nccn23)CC(O)=C1C=NCCN1CCN(CCO)CC1. The molecule has 36 heavy (non-hydrogen) atoms. The van der Waals surface area contributed by atoms with Gasteiger partial charge in [-0.25, -0.2) is 9.97 Å². The molecule has 1 aliphatic carbocycles. The number of β-amino-alcohol motifs (C(OH)–C–C–N with tert-alkyl or cyclic N) is 1. The second-order valence-electron chi connectivity index (χ2n) is 9.56. The van der Waals surface area contributed by atoms with Crippen molar-refractivity contribution in [3.63, 3.8) is 0 Å². The standard InChI is InChI=1S/C25H35N7O4/c33-12-9-30-7-5-29(6-8-30)3-1-26-17-20-22(34)15-19(16-23(20)35)21-18-28-25-24(27-2-4-32(21)25)31-10-13-36-14-11-31/h2,4,17-19,33-34H,1,3,5-16H2. The lowest BCUT2D eigenvalue weighted by molar-refractivity contribution is -0.116. The van der Waals surface area contributed by atoms with Gasteiger partial charge in [0.1, 0.15) is 5.76 Å². The fourth-order valence-electron chi connectivity index (χ4n) is 5.22. The highest BCUT2D eigenvalue weighted by Gasteiger charge is 2.30. The average molecular weight is 498 g/mol. The monoisotopic (exact) mass is 497 g/mol. The van der Waals surface area contributed by atoms with Gasteiger partial charge in [0.25, 0.3) is 0 Å². The van der Waals surface area contributed by atoms with Crippen molar-refractivity contribution in [3.8, 4) is 0 Å². The zero-order valence-electron chi connectivity index (χ0n) is 20.6. The number of ether oxygens (including phenoxy) is 1. The molecule has 0 radical (unpaired) electrons. The van der Waals surface area contributed by atoms with Gasteiger partial charge in [0.15, 0.2) is 17.2 Å². The number of hydrogen-bond acceptors (Lipinski definition) is 10. The molecule has 2 aromatic rings. The third-order valence-electron chi connectivity index (χ3n) is 7.30. The Morgan fingerprint density at radius 1 is 1.06 bits per heavy atom. The Morgan fingerprint density at radius 2 is 1.81 bits per heavy atom. The number of Topliss-reactive ketones (excluding diaryl/α,β-unsaturated/α-hetero) is 1. The highest BCUT2D eigenvalue weighted by molar-refractivity contribution is 6.14. The minimum Gasteiger partial charge on any atom is -0.511 e. The molecule has 0 aromatic carbocycles. The second kappa shape index (κ2) is 11.5. The first kappa shape index (κ1) is 24.8. The molecular weight excluding hydrogens is 462 g/mol. The molecule has 1 atom stereocenters. The van der Waals surface area contributed by atoms with Crippen molar-refractivity contribution in [1.82, 2.24) is 24.2 Å². The molecule has 3 aliphatic rings. The number of ketones is 1. The summed E-state index contributed by atoms with van der Waals surface area (Å²) in [6.07, 6.45) is 7.65. The highest BCUT2D eigenvalue weighted by atomic mass is 16.5. The van der Waals surface area contributed by atoms with Crippen molar-refractivity contribution in [2.24, 2.45) is 4.99 Å². The number of rotatable bonds is 8. The van der Waals surface area contributed by atoms with Gasteiger partial charge in [-0.05, 0) is 0 Å². The van der Waals surface area contributed by atoms with E-state index in [1.165, 1.54) is 0 Å². The van der Waals surface area contributed by atoms with Crippen LogP contribution >= 0.6 is 0 Å². The molecular formula is C25H35N7O4. The summed E-state index contributed by atoms with van der Waals surface area (Å²) >= 11 is 0. The van der Waals surface area contributed by atoms with E-state index in [9.17, 15) is 9.90 Å². The van der Waals surface area contributed by atoms with Gasteiger partial charge in [-0.15, -0.1) is 0 Å². The van der Waals surface area contributed by atoms with Crippen molar-refractivity contribution in [2.75, 3.05) is 83.6 Å². The van der Waals surface area contributed by atoms with Crippen LogP contribution in [0.15, 0.2) is 34.9 Å². The predicted octanol–water partition coefficient (Wildman–Crippen LogP) is 0.505. The molecule has 0 bridgehead atoms. The molecule has 194 valence electrons. The summed E-state index contributed by atoms with van der Waals surface area (Å²) in [5, 5.41) is 19.8. The quantitative estimate of drug-likeness (QED) is 0.503. The van der Waals surface area contributed by atoms with Crippen molar-refractivity contribution >= 4 is 23.5 Å². The van der Waals surface area contributed by atoms with Crippen LogP contribution in [-0.4, -0.2) is 125 Å². The minimum absolute atomic E-state index is 0.0926. The number of nitrogens with zero attached hydrogens (tertiary/aromatic N) is 7. The van der Waals surface area contributed by atoms with E-state index in [1.54, 1.807) is 18.6 Å². The van der Waals surface area contributed by atoms with Crippen LogP contribution in [0.1, 0.15) is 24.5 Å². The van der Waals surface area contributed by atoms with Crippen LogP contribution in [0, 0.1) is 0 Å². The molecule has 1 unspecified atom stereocenters. The highest BCUT2D eigenvalue weighted by Crippen LogP contribution is 2.34. The Bertz CT molecular complexity index is 1120. The van der Waals surface area contributed by atoms with E-state index in [2.05, 4.69) is 29.7 Å². The Labute approximate surface area is 210 Å². The molecule has 2 saturated heterocycles. The van der Waals surface area contributed by atoms with Crippen LogP contribution in [0.25, 0.3) is 5.65 Å². The number of carbonyl (C=O) groups is 1. The number of aliphatic imine (C=N–C) groups is 1. The summed E-state index contributed by atoms with van der Waals surface area (Å²) in [5.74, 6) is 0.661. The number of anilines is 1.